The summed E-state index contributed by atoms with van der Waals surface area (Å²) < 4.78 is 11.4. The van der Waals surface area contributed by atoms with Gasteiger partial charge >= 0.3 is 0 Å². The first-order valence-electron chi connectivity index (χ1n) is 6.60. The molecule has 0 aromatic heterocycles. The molecule has 106 valence electrons. The maximum Gasteiger partial charge on any atom is 0.161 e. The second-order valence-corrected chi connectivity index (χ2v) is 6.66. The molecular weight excluding hydrogens is 260 g/mol. The van der Waals surface area contributed by atoms with Crippen molar-refractivity contribution in [1.82, 2.24) is 0 Å². The summed E-state index contributed by atoms with van der Waals surface area (Å²) in [5.74, 6) is 3.74. The Morgan fingerprint density at radius 1 is 1.37 bits per heavy atom. The van der Waals surface area contributed by atoms with Crippen molar-refractivity contribution >= 4 is 11.8 Å². The quantitative estimate of drug-likeness (QED) is 0.901. The Morgan fingerprint density at radius 2 is 2.16 bits per heavy atom. The lowest BCUT2D eigenvalue weighted by Gasteiger charge is -2.24. The number of hydrogen-bond donors (Lipinski definition) is 1. The predicted octanol–water partition coefficient (Wildman–Crippen LogP) is 2.85. The van der Waals surface area contributed by atoms with Gasteiger partial charge in [-0.25, -0.2) is 0 Å². The Bertz CT molecular complexity index is 425. The second-order valence-electron chi connectivity index (χ2n) is 5.51. The molecule has 1 aromatic rings. The summed E-state index contributed by atoms with van der Waals surface area (Å²) in [6, 6.07) is 5.91. The summed E-state index contributed by atoms with van der Waals surface area (Å²) in [4.78, 5) is 0. The van der Waals surface area contributed by atoms with Crippen molar-refractivity contribution in [2.75, 3.05) is 25.2 Å². The molecule has 1 heterocycles. The molecule has 19 heavy (non-hydrogen) atoms. The van der Waals surface area contributed by atoms with Crippen molar-refractivity contribution in [3.8, 4) is 11.5 Å². The molecule has 4 heteroatoms. The molecule has 1 unspecified atom stereocenters. The lowest BCUT2D eigenvalue weighted by Crippen LogP contribution is -2.22. The van der Waals surface area contributed by atoms with Gasteiger partial charge in [0, 0.05) is 11.2 Å². The van der Waals surface area contributed by atoms with Crippen LogP contribution in [0.2, 0.25) is 0 Å². The number of rotatable bonds is 5. The van der Waals surface area contributed by atoms with E-state index in [1.54, 1.807) is 7.11 Å². The van der Waals surface area contributed by atoms with Crippen LogP contribution in [-0.4, -0.2) is 36.4 Å². The first kappa shape index (κ1) is 14.5. The highest BCUT2D eigenvalue weighted by Gasteiger charge is 2.23. The van der Waals surface area contributed by atoms with Gasteiger partial charge in [0.1, 0.15) is 6.10 Å². The maximum absolute atomic E-state index is 9.47. The summed E-state index contributed by atoms with van der Waals surface area (Å²) in [5, 5.41) is 9.47. The largest absolute Gasteiger partial charge is 0.493 e. The number of aliphatic hydroxyl groups is 1. The van der Waals surface area contributed by atoms with Crippen LogP contribution in [0.4, 0.5) is 0 Å². The van der Waals surface area contributed by atoms with Gasteiger partial charge in [-0.3, -0.25) is 0 Å². The van der Waals surface area contributed by atoms with Crippen LogP contribution in [0.1, 0.15) is 25.8 Å². The maximum atomic E-state index is 9.47. The van der Waals surface area contributed by atoms with Crippen LogP contribution in [0.25, 0.3) is 0 Å². The minimum Gasteiger partial charge on any atom is -0.493 e. The average molecular weight is 282 g/mol. The van der Waals surface area contributed by atoms with Gasteiger partial charge in [-0.2, -0.15) is 11.8 Å². The molecule has 1 aromatic carbocycles. The normalized spacial score (nSPS) is 19.5. The van der Waals surface area contributed by atoms with Gasteiger partial charge in [0.25, 0.3) is 0 Å². The van der Waals surface area contributed by atoms with Gasteiger partial charge in [-0.1, -0.05) is 19.9 Å². The lowest BCUT2D eigenvalue weighted by molar-refractivity contribution is 0.210. The van der Waals surface area contributed by atoms with Crippen molar-refractivity contribution in [3.05, 3.63) is 23.8 Å². The number of hydrogen-bond acceptors (Lipinski definition) is 4. The second kappa shape index (κ2) is 6.06. The van der Waals surface area contributed by atoms with Gasteiger partial charge in [-0.15, -0.1) is 0 Å². The molecule has 1 aliphatic heterocycles. The molecule has 0 spiro atoms. The first-order chi connectivity index (χ1) is 9.06. The Morgan fingerprint density at radius 3 is 2.74 bits per heavy atom. The molecule has 1 atom stereocenters. The molecule has 3 nitrogen and oxygen atoms in total. The highest BCUT2D eigenvalue weighted by Crippen LogP contribution is 2.35. The van der Waals surface area contributed by atoms with Crippen LogP contribution in [0.5, 0.6) is 11.5 Å². The summed E-state index contributed by atoms with van der Waals surface area (Å²) in [5.41, 5.74) is 0.797. The van der Waals surface area contributed by atoms with E-state index in [-0.39, 0.29) is 18.1 Å². The molecule has 0 bridgehead atoms. The highest BCUT2D eigenvalue weighted by molar-refractivity contribution is 7.99. The molecule has 1 N–H and O–H groups in total. The van der Waals surface area contributed by atoms with E-state index in [2.05, 4.69) is 0 Å². The Hall–Kier alpha value is -0.870. The van der Waals surface area contributed by atoms with E-state index in [4.69, 9.17) is 9.47 Å². The molecule has 0 amide bonds. The number of aliphatic hydroxyl groups excluding tert-OH is 1. The van der Waals surface area contributed by atoms with E-state index in [1.165, 1.54) is 0 Å². The van der Waals surface area contributed by atoms with E-state index < -0.39 is 0 Å². The van der Waals surface area contributed by atoms with Gasteiger partial charge in [0.15, 0.2) is 11.5 Å². The molecule has 0 saturated carbocycles. The van der Waals surface area contributed by atoms with E-state index in [1.807, 2.05) is 43.8 Å². The minimum atomic E-state index is -0.269. The number of benzene rings is 1. The lowest BCUT2D eigenvalue weighted by atomic mass is 9.85. The molecule has 2 rings (SSSR count). The fourth-order valence-electron chi connectivity index (χ4n) is 2.07. The van der Waals surface area contributed by atoms with E-state index in [0.29, 0.717) is 0 Å². The molecule has 0 aliphatic carbocycles. The smallest absolute Gasteiger partial charge is 0.161 e. The van der Waals surface area contributed by atoms with Gasteiger partial charge in [0.2, 0.25) is 0 Å². The van der Waals surface area contributed by atoms with Crippen LogP contribution in [0, 0.1) is 0 Å². The zero-order valence-corrected chi connectivity index (χ0v) is 12.6. The fourth-order valence-corrected chi connectivity index (χ4v) is 3.16. The third-order valence-electron chi connectivity index (χ3n) is 3.52. The van der Waals surface area contributed by atoms with E-state index in [9.17, 15) is 5.11 Å². The molecular formula is C15H22O3S. The molecule has 1 fully saturated rings. The van der Waals surface area contributed by atoms with Crippen molar-refractivity contribution in [1.29, 1.82) is 0 Å². The van der Waals surface area contributed by atoms with Crippen molar-refractivity contribution < 1.29 is 14.6 Å². The average Bonchev–Trinajstić information content (AvgIpc) is 2.91. The zero-order chi connectivity index (χ0) is 13.9. The van der Waals surface area contributed by atoms with Crippen molar-refractivity contribution in [2.24, 2.45) is 0 Å². The van der Waals surface area contributed by atoms with Crippen molar-refractivity contribution in [3.63, 3.8) is 0 Å². The highest BCUT2D eigenvalue weighted by atomic mass is 32.2. The van der Waals surface area contributed by atoms with Crippen LogP contribution in [-0.2, 0) is 5.41 Å². The summed E-state index contributed by atoms with van der Waals surface area (Å²) in [6.07, 6.45) is 1.35. The summed E-state index contributed by atoms with van der Waals surface area (Å²) >= 11 is 1.92. The third-order valence-corrected chi connectivity index (χ3v) is 4.65. The topological polar surface area (TPSA) is 38.7 Å². The van der Waals surface area contributed by atoms with Crippen molar-refractivity contribution in [2.45, 2.75) is 31.8 Å². The van der Waals surface area contributed by atoms with E-state index >= 15 is 0 Å². The Labute approximate surface area is 119 Å². The first-order valence-corrected chi connectivity index (χ1v) is 7.76. The minimum absolute atomic E-state index is 0.109. The number of ether oxygens (including phenoxy) is 2. The van der Waals surface area contributed by atoms with Gasteiger partial charge in [-0.05, 0) is 29.9 Å². The fraction of sp³-hybridized carbons (Fsp3) is 0.600. The standard InChI is InChI=1S/C15H22O3S/c1-15(2,10-16)11-4-5-13(17-3)14(8-11)18-12-6-7-19-9-12/h4-5,8,12,16H,6-7,9-10H2,1-3H3. The molecule has 1 saturated heterocycles. The van der Waals surface area contributed by atoms with Crippen LogP contribution < -0.4 is 9.47 Å². The summed E-state index contributed by atoms with van der Waals surface area (Å²) in [7, 11) is 1.66. The van der Waals surface area contributed by atoms with Gasteiger partial charge < -0.3 is 14.6 Å². The Balaban J connectivity index is 2.25. The van der Waals surface area contributed by atoms with Crippen LogP contribution >= 0.6 is 11.8 Å². The van der Waals surface area contributed by atoms with E-state index in [0.717, 1.165) is 35.0 Å². The number of thioether (sulfide) groups is 1. The Kier molecular flexibility index (Phi) is 4.63. The summed E-state index contributed by atoms with van der Waals surface area (Å²) in [6.45, 7) is 4.14. The van der Waals surface area contributed by atoms with Crippen LogP contribution in [0.3, 0.4) is 0 Å². The number of methoxy groups -OCH3 is 1. The zero-order valence-electron chi connectivity index (χ0n) is 11.8. The third kappa shape index (κ3) is 3.37. The monoisotopic (exact) mass is 282 g/mol. The molecule has 0 radical (unpaired) electrons. The van der Waals surface area contributed by atoms with Gasteiger partial charge in [0.05, 0.1) is 13.7 Å². The SMILES string of the molecule is COc1ccc(C(C)(C)CO)cc1OC1CCSC1. The van der Waals surface area contributed by atoms with Crippen LogP contribution in [0.15, 0.2) is 18.2 Å². The molecule has 1 aliphatic rings. The predicted molar refractivity (Wildman–Crippen MR) is 79.5 cm³/mol.